The van der Waals surface area contributed by atoms with Gasteiger partial charge < -0.3 is 5.32 Å². The van der Waals surface area contributed by atoms with Crippen molar-refractivity contribution in [1.29, 1.82) is 0 Å². The van der Waals surface area contributed by atoms with Gasteiger partial charge in [0.15, 0.2) is 0 Å². The number of fused-ring (bicyclic) bond motifs is 1. The normalized spacial score (nSPS) is 20.9. The molecule has 1 aliphatic heterocycles. The van der Waals surface area contributed by atoms with Crippen LogP contribution >= 0.6 is 15.9 Å². The zero-order valence-electron chi connectivity index (χ0n) is 9.91. The van der Waals surface area contributed by atoms with E-state index in [4.69, 9.17) is 4.98 Å². The van der Waals surface area contributed by atoms with Crippen molar-refractivity contribution in [3.8, 4) is 0 Å². The first-order chi connectivity index (χ1) is 8.27. The van der Waals surface area contributed by atoms with Gasteiger partial charge in [-0.1, -0.05) is 12.5 Å². The van der Waals surface area contributed by atoms with E-state index in [1.165, 1.54) is 30.7 Å². The molecule has 4 heteroatoms. The predicted molar refractivity (Wildman–Crippen MR) is 72.2 cm³/mol. The van der Waals surface area contributed by atoms with Gasteiger partial charge in [0.1, 0.15) is 5.65 Å². The fourth-order valence-corrected chi connectivity index (χ4v) is 3.23. The highest BCUT2D eigenvalue weighted by Crippen LogP contribution is 2.27. The van der Waals surface area contributed by atoms with Crippen molar-refractivity contribution in [2.24, 2.45) is 0 Å². The Morgan fingerprint density at radius 2 is 2.29 bits per heavy atom. The Balaban J connectivity index is 2.10. The summed E-state index contributed by atoms with van der Waals surface area (Å²) in [5.41, 5.74) is 3.47. The van der Waals surface area contributed by atoms with Crippen LogP contribution in [0.2, 0.25) is 0 Å². The van der Waals surface area contributed by atoms with Gasteiger partial charge in [-0.2, -0.15) is 0 Å². The molecule has 1 saturated heterocycles. The molecule has 0 aromatic carbocycles. The van der Waals surface area contributed by atoms with Crippen molar-refractivity contribution in [3.63, 3.8) is 0 Å². The van der Waals surface area contributed by atoms with Crippen LogP contribution in [0.1, 0.15) is 36.7 Å². The third kappa shape index (κ3) is 1.89. The minimum absolute atomic E-state index is 0.426. The molecule has 2 aromatic rings. The zero-order valence-corrected chi connectivity index (χ0v) is 11.5. The molecule has 0 saturated carbocycles. The maximum atomic E-state index is 4.77. The second-order valence-electron chi connectivity index (χ2n) is 4.63. The van der Waals surface area contributed by atoms with Crippen molar-refractivity contribution in [3.05, 3.63) is 34.2 Å². The number of hydrogen-bond acceptors (Lipinski definition) is 2. The van der Waals surface area contributed by atoms with Crippen LogP contribution in [-0.2, 0) is 0 Å². The first kappa shape index (κ1) is 11.2. The SMILES string of the molecule is Cc1c(C2CCCCN2)nc2cccc(Br)n12. The number of rotatable bonds is 1. The van der Waals surface area contributed by atoms with Crippen LogP contribution in [-0.4, -0.2) is 15.9 Å². The van der Waals surface area contributed by atoms with Gasteiger partial charge in [0, 0.05) is 5.69 Å². The van der Waals surface area contributed by atoms with Crippen LogP contribution in [0.3, 0.4) is 0 Å². The van der Waals surface area contributed by atoms with Gasteiger partial charge in [0.25, 0.3) is 0 Å². The summed E-state index contributed by atoms with van der Waals surface area (Å²) in [4.78, 5) is 4.77. The van der Waals surface area contributed by atoms with Gasteiger partial charge in [-0.15, -0.1) is 0 Å². The molecule has 0 amide bonds. The minimum Gasteiger partial charge on any atom is -0.309 e. The third-order valence-corrected chi connectivity index (χ3v) is 4.12. The number of piperidine rings is 1. The topological polar surface area (TPSA) is 29.3 Å². The number of aromatic nitrogens is 2. The smallest absolute Gasteiger partial charge is 0.138 e. The average Bonchev–Trinajstić information content (AvgIpc) is 2.69. The third-order valence-electron chi connectivity index (χ3n) is 3.50. The lowest BCUT2D eigenvalue weighted by atomic mass is 10.0. The first-order valence-corrected chi connectivity index (χ1v) is 6.93. The van der Waals surface area contributed by atoms with Crippen LogP contribution < -0.4 is 5.32 Å². The molecule has 3 rings (SSSR count). The highest BCUT2D eigenvalue weighted by Gasteiger charge is 2.21. The summed E-state index contributed by atoms with van der Waals surface area (Å²) in [5, 5.41) is 3.57. The summed E-state index contributed by atoms with van der Waals surface area (Å²) in [6.07, 6.45) is 3.78. The summed E-state index contributed by atoms with van der Waals surface area (Å²) >= 11 is 3.59. The standard InChI is InChI=1S/C13H16BrN3/c1-9-13(10-5-2-3-8-15-10)16-12-7-4-6-11(14)17(9)12/h4,6-7,10,15H,2-3,5,8H2,1H3. The second kappa shape index (κ2) is 4.42. The minimum atomic E-state index is 0.426. The van der Waals surface area contributed by atoms with Crippen LogP contribution in [0.25, 0.3) is 5.65 Å². The Bertz CT molecular complexity index is 541. The first-order valence-electron chi connectivity index (χ1n) is 6.14. The summed E-state index contributed by atoms with van der Waals surface area (Å²) in [6, 6.07) is 6.57. The number of hydrogen-bond donors (Lipinski definition) is 1. The number of nitrogens with one attached hydrogen (secondary N) is 1. The Hall–Kier alpha value is -0.870. The molecule has 1 N–H and O–H groups in total. The molecule has 2 aromatic heterocycles. The molecule has 90 valence electrons. The number of nitrogens with zero attached hydrogens (tertiary/aromatic N) is 2. The molecular weight excluding hydrogens is 278 g/mol. The number of imidazole rings is 1. The summed E-state index contributed by atoms with van der Waals surface area (Å²) < 4.78 is 3.24. The van der Waals surface area contributed by atoms with Crippen LogP contribution in [0.4, 0.5) is 0 Å². The van der Waals surface area contributed by atoms with E-state index in [-0.39, 0.29) is 0 Å². The lowest BCUT2D eigenvalue weighted by Gasteiger charge is -2.22. The Morgan fingerprint density at radius 1 is 1.41 bits per heavy atom. The van der Waals surface area contributed by atoms with Gasteiger partial charge in [-0.3, -0.25) is 4.40 Å². The Morgan fingerprint density at radius 3 is 3.00 bits per heavy atom. The maximum Gasteiger partial charge on any atom is 0.138 e. The molecule has 0 spiro atoms. The van der Waals surface area contributed by atoms with Crippen molar-refractivity contribution < 1.29 is 0 Å². The second-order valence-corrected chi connectivity index (χ2v) is 5.44. The fraction of sp³-hybridized carbons (Fsp3) is 0.462. The molecular formula is C13H16BrN3. The highest BCUT2D eigenvalue weighted by molar-refractivity contribution is 9.10. The molecule has 17 heavy (non-hydrogen) atoms. The van der Waals surface area contributed by atoms with E-state index in [9.17, 15) is 0 Å². The zero-order chi connectivity index (χ0) is 11.8. The summed E-state index contributed by atoms with van der Waals surface area (Å²) in [7, 11) is 0. The van der Waals surface area contributed by atoms with E-state index in [0.29, 0.717) is 6.04 Å². The van der Waals surface area contributed by atoms with Crippen LogP contribution in [0.15, 0.2) is 22.8 Å². The van der Waals surface area contributed by atoms with Crippen LogP contribution in [0, 0.1) is 6.92 Å². The van der Waals surface area contributed by atoms with E-state index in [2.05, 4.69) is 44.7 Å². The van der Waals surface area contributed by atoms with Crippen molar-refractivity contribution in [1.82, 2.24) is 14.7 Å². The fourth-order valence-electron chi connectivity index (χ4n) is 2.63. The van der Waals surface area contributed by atoms with E-state index in [1.807, 2.05) is 6.07 Å². The van der Waals surface area contributed by atoms with Crippen molar-refractivity contribution >= 4 is 21.6 Å². The van der Waals surface area contributed by atoms with Crippen molar-refractivity contribution in [2.45, 2.75) is 32.2 Å². The molecule has 1 aliphatic rings. The number of aryl methyl sites for hydroxylation is 1. The largest absolute Gasteiger partial charge is 0.309 e. The van der Waals surface area contributed by atoms with E-state index in [0.717, 1.165) is 16.8 Å². The lowest BCUT2D eigenvalue weighted by molar-refractivity contribution is 0.405. The average molecular weight is 294 g/mol. The molecule has 3 nitrogen and oxygen atoms in total. The Kier molecular flexibility index (Phi) is 2.92. The maximum absolute atomic E-state index is 4.77. The van der Waals surface area contributed by atoms with Gasteiger partial charge in [0.2, 0.25) is 0 Å². The van der Waals surface area contributed by atoms with Gasteiger partial charge in [0.05, 0.1) is 16.3 Å². The van der Waals surface area contributed by atoms with E-state index >= 15 is 0 Å². The van der Waals surface area contributed by atoms with Gasteiger partial charge in [-0.05, 0) is 54.4 Å². The van der Waals surface area contributed by atoms with Gasteiger partial charge in [-0.25, -0.2) is 4.98 Å². The quantitative estimate of drug-likeness (QED) is 0.818. The predicted octanol–water partition coefficient (Wildman–Crippen LogP) is 3.22. The summed E-state index contributed by atoms with van der Waals surface area (Å²) in [6.45, 7) is 3.26. The van der Waals surface area contributed by atoms with Crippen molar-refractivity contribution in [2.75, 3.05) is 6.54 Å². The monoisotopic (exact) mass is 293 g/mol. The van der Waals surface area contributed by atoms with Gasteiger partial charge >= 0.3 is 0 Å². The molecule has 0 aliphatic carbocycles. The molecule has 1 fully saturated rings. The molecule has 3 heterocycles. The lowest BCUT2D eigenvalue weighted by Crippen LogP contribution is -2.27. The van der Waals surface area contributed by atoms with Crippen LogP contribution in [0.5, 0.6) is 0 Å². The Labute approximate surface area is 109 Å². The summed E-state index contributed by atoms with van der Waals surface area (Å²) in [5.74, 6) is 0. The molecule has 1 unspecified atom stereocenters. The number of halogens is 1. The van der Waals surface area contributed by atoms with E-state index in [1.54, 1.807) is 0 Å². The van der Waals surface area contributed by atoms with E-state index < -0.39 is 0 Å². The highest BCUT2D eigenvalue weighted by atomic mass is 79.9. The molecule has 1 atom stereocenters. The molecule has 0 bridgehead atoms. The molecule has 0 radical (unpaired) electrons. The number of pyridine rings is 1.